The Morgan fingerprint density at radius 1 is 1.18 bits per heavy atom. The number of hydrogen-bond donors (Lipinski definition) is 1. The molecule has 1 N–H and O–H groups in total. The molecule has 0 amide bonds. The predicted octanol–water partition coefficient (Wildman–Crippen LogP) is 2.31. The third-order valence-electron chi connectivity index (χ3n) is 4.96. The summed E-state index contributed by atoms with van der Waals surface area (Å²) in [4.78, 5) is 13.7. The summed E-state index contributed by atoms with van der Waals surface area (Å²) in [5, 5.41) is 9.40. The van der Waals surface area contributed by atoms with Crippen molar-refractivity contribution in [3.8, 4) is 0 Å². The summed E-state index contributed by atoms with van der Waals surface area (Å²) in [7, 11) is 0. The predicted molar refractivity (Wildman–Crippen MR) is 89.3 cm³/mol. The van der Waals surface area contributed by atoms with Crippen LogP contribution in [-0.4, -0.2) is 47.9 Å². The smallest absolute Gasteiger partial charge is 0.134 e. The molecule has 0 bridgehead atoms. The second-order valence-corrected chi connectivity index (χ2v) is 7.56. The van der Waals surface area contributed by atoms with Crippen LogP contribution in [0.3, 0.4) is 0 Å². The van der Waals surface area contributed by atoms with Gasteiger partial charge in [-0.05, 0) is 37.0 Å². The third kappa shape index (κ3) is 3.51. The Morgan fingerprint density at radius 2 is 1.91 bits per heavy atom. The van der Waals surface area contributed by atoms with Crippen molar-refractivity contribution in [1.82, 2.24) is 9.97 Å². The Hall–Kier alpha value is -1.36. The highest BCUT2D eigenvalue weighted by Gasteiger charge is 2.28. The number of hydrogen-bond acceptors (Lipinski definition) is 5. The maximum Gasteiger partial charge on any atom is 0.134 e. The highest BCUT2D eigenvalue weighted by molar-refractivity contribution is 5.50. The lowest BCUT2D eigenvalue weighted by molar-refractivity contribution is 0.208. The number of aromatic nitrogens is 2. The molecule has 0 saturated carbocycles. The molecular weight excluding hydrogens is 276 g/mol. The van der Waals surface area contributed by atoms with Crippen LogP contribution in [0, 0.1) is 11.3 Å². The molecule has 5 heteroatoms. The quantitative estimate of drug-likeness (QED) is 0.928. The minimum absolute atomic E-state index is 0.273. The fourth-order valence-electron chi connectivity index (χ4n) is 3.72. The van der Waals surface area contributed by atoms with E-state index >= 15 is 0 Å². The molecule has 0 aliphatic carbocycles. The van der Waals surface area contributed by atoms with Gasteiger partial charge in [0.15, 0.2) is 0 Å². The molecular formula is C17H28N4O. The van der Waals surface area contributed by atoms with Gasteiger partial charge in [0.2, 0.25) is 0 Å². The average Bonchev–Trinajstić information content (AvgIpc) is 2.54. The zero-order valence-electron chi connectivity index (χ0n) is 13.8. The number of rotatable bonds is 3. The molecule has 1 atom stereocenters. The van der Waals surface area contributed by atoms with Crippen molar-refractivity contribution in [2.45, 2.75) is 39.5 Å². The maximum absolute atomic E-state index is 9.40. The van der Waals surface area contributed by atoms with E-state index in [4.69, 9.17) is 0 Å². The Balaban J connectivity index is 1.75. The Kier molecular flexibility index (Phi) is 4.52. The van der Waals surface area contributed by atoms with Crippen LogP contribution < -0.4 is 9.80 Å². The topological polar surface area (TPSA) is 52.5 Å². The molecule has 1 aromatic heterocycles. The lowest BCUT2D eigenvalue weighted by Gasteiger charge is -2.39. The van der Waals surface area contributed by atoms with Gasteiger partial charge in [-0.3, -0.25) is 0 Å². The summed E-state index contributed by atoms with van der Waals surface area (Å²) in [6, 6.07) is 2.13. The van der Waals surface area contributed by atoms with E-state index in [1.165, 1.54) is 12.8 Å². The molecule has 0 spiro atoms. The standard InChI is InChI=1S/C17H28N4O/c1-17(2)6-4-8-21(12-17)16-9-15(18-13-19-16)20-7-3-5-14(10-20)11-22/h9,13-14,22H,3-8,10-12H2,1-2H3. The van der Waals surface area contributed by atoms with E-state index in [1.54, 1.807) is 6.33 Å². The van der Waals surface area contributed by atoms with Gasteiger partial charge in [0.25, 0.3) is 0 Å². The van der Waals surface area contributed by atoms with Gasteiger partial charge in [0.1, 0.15) is 18.0 Å². The minimum Gasteiger partial charge on any atom is -0.396 e. The van der Waals surface area contributed by atoms with Crippen molar-refractivity contribution in [1.29, 1.82) is 0 Å². The zero-order valence-corrected chi connectivity index (χ0v) is 13.8. The molecule has 0 aromatic carbocycles. The number of aliphatic hydroxyl groups is 1. The summed E-state index contributed by atoms with van der Waals surface area (Å²) in [6.07, 6.45) is 6.44. The fourth-order valence-corrected chi connectivity index (χ4v) is 3.72. The van der Waals surface area contributed by atoms with Crippen LogP contribution in [0.1, 0.15) is 39.5 Å². The molecule has 22 heavy (non-hydrogen) atoms. The number of piperidine rings is 2. The van der Waals surface area contributed by atoms with E-state index in [9.17, 15) is 5.11 Å². The van der Waals surface area contributed by atoms with Crippen LogP contribution in [-0.2, 0) is 0 Å². The van der Waals surface area contributed by atoms with Crippen LogP contribution in [0.4, 0.5) is 11.6 Å². The van der Waals surface area contributed by atoms with Gasteiger partial charge in [-0.2, -0.15) is 0 Å². The number of aliphatic hydroxyl groups excluding tert-OH is 1. The highest BCUT2D eigenvalue weighted by atomic mass is 16.3. The normalized spacial score (nSPS) is 25.3. The van der Waals surface area contributed by atoms with Crippen LogP contribution in [0.2, 0.25) is 0 Å². The molecule has 3 rings (SSSR count). The van der Waals surface area contributed by atoms with E-state index in [2.05, 4.69) is 39.7 Å². The first-order valence-corrected chi connectivity index (χ1v) is 8.50. The first-order chi connectivity index (χ1) is 10.6. The number of nitrogens with zero attached hydrogens (tertiary/aromatic N) is 4. The van der Waals surface area contributed by atoms with E-state index in [1.807, 2.05) is 0 Å². The maximum atomic E-state index is 9.40. The monoisotopic (exact) mass is 304 g/mol. The van der Waals surface area contributed by atoms with Crippen molar-refractivity contribution in [2.75, 3.05) is 42.6 Å². The van der Waals surface area contributed by atoms with Gasteiger partial charge in [-0.25, -0.2) is 9.97 Å². The molecule has 2 aliphatic rings. The van der Waals surface area contributed by atoms with Gasteiger partial charge in [0.05, 0.1) is 0 Å². The first-order valence-electron chi connectivity index (χ1n) is 8.50. The van der Waals surface area contributed by atoms with Gasteiger partial charge in [0, 0.05) is 38.9 Å². The van der Waals surface area contributed by atoms with Gasteiger partial charge in [-0.15, -0.1) is 0 Å². The summed E-state index contributed by atoms with van der Waals surface area (Å²) < 4.78 is 0. The lowest BCUT2D eigenvalue weighted by atomic mass is 9.84. The molecule has 3 heterocycles. The van der Waals surface area contributed by atoms with Crippen molar-refractivity contribution in [3.05, 3.63) is 12.4 Å². The molecule has 1 aromatic rings. The Labute approximate surface area is 133 Å². The molecule has 2 saturated heterocycles. The van der Waals surface area contributed by atoms with Gasteiger partial charge < -0.3 is 14.9 Å². The minimum atomic E-state index is 0.273. The summed E-state index contributed by atoms with van der Waals surface area (Å²) in [5.74, 6) is 2.43. The van der Waals surface area contributed by atoms with Crippen molar-refractivity contribution in [2.24, 2.45) is 11.3 Å². The molecule has 2 aliphatic heterocycles. The largest absolute Gasteiger partial charge is 0.396 e. The zero-order chi connectivity index (χ0) is 15.6. The van der Waals surface area contributed by atoms with E-state index in [0.29, 0.717) is 11.3 Å². The third-order valence-corrected chi connectivity index (χ3v) is 4.96. The number of anilines is 2. The summed E-state index contributed by atoms with van der Waals surface area (Å²) >= 11 is 0. The van der Waals surface area contributed by atoms with E-state index in [-0.39, 0.29) is 6.61 Å². The van der Waals surface area contributed by atoms with Crippen LogP contribution in [0.15, 0.2) is 12.4 Å². The Morgan fingerprint density at radius 3 is 2.64 bits per heavy atom. The van der Waals surface area contributed by atoms with Crippen molar-refractivity contribution < 1.29 is 5.11 Å². The second kappa shape index (κ2) is 6.41. The van der Waals surface area contributed by atoms with Gasteiger partial charge >= 0.3 is 0 Å². The molecule has 5 nitrogen and oxygen atoms in total. The van der Waals surface area contributed by atoms with Crippen molar-refractivity contribution in [3.63, 3.8) is 0 Å². The first kappa shape index (κ1) is 15.5. The van der Waals surface area contributed by atoms with E-state index in [0.717, 1.165) is 50.7 Å². The summed E-state index contributed by atoms with van der Waals surface area (Å²) in [5.41, 5.74) is 0.358. The van der Waals surface area contributed by atoms with Crippen molar-refractivity contribution >= 4 is 11.6 Å². The Bertz CT molecular complexity index is 505. The average molecular weight is 304 g/mol. The fraction of sp³-hybridized carbons (Fsp3) is 0.765. The van der Waals surface area contributed by atoms with Crippen LogP contribution >= 0.6 is 0 Å². The summed E-state index contributed by atoms with van der Waals surface area (Å²) in [6.45, 7) is 9.00. The van der Waals surface area contributed by atoms with Crippen LogP contribution in [0.25, 0.3) is 0 Å². The van der Waals surface area contributed by atoms with Crippen LogP contribution in [0.5, 0.6) is 0 Å². The lowest BCUT2D eigenvalue weighted by Crippen LogP contribution is -2.41. The van der Waals surface area contributed by atoms with Gasteiger partial charge in [-0.1, -0.05) is 13.8 Å². The molecule has 1 unspecified atom stereocenters. The molecule has 2 fully saturated rings. The SMILES string of the molecule is CC1(C)CCCN(c2cc(N3CCCC(CO)C3)ncn2)C1. The second-order valence-electron chi connectivity index (χ2n) is 7.56. The highest BCUT2D eigenvalue weighted by Crippen LogP contribution is 2.32. The molecule has 0 radical (unpaired) electrons. The molecule has 122 valence electrons. The van der Waals surface area contributed by atoms with E-state index < -0.39 is 0 Å².